The fourth-order valence-electron chi connectivity index (χ4n) is 5.35. The molecule has 3 heteroatoms. The number of fused-ring (bicyclic) bond motifs is 1. The Morgan fingerprint density at radius 2 is 1.26 bits per heavy atom. The van der Waals surface area contributed by atoms with Crippen LogP contribution in [0.15, 0.2) is 116 Å². The highest BCUT2D eigenvalue weighted by atomic mass is 14.7. The minimum absolute atomic E-state index is 0.0706. The smallest absolute Gasteiger partial charge is 0.0705 e. The lowest BCUT2D eigenvalue weighted by Gasteiger charge is -2.19. The van der Waals surface area contributed by atoms with E-state index >= 15 is 0 Å². The van der Waals surface area contributed by atoms with Crippen molar-refractivity contribution in [1.29, 1.82) is 0 Å². The number of hydrogen-bond donors (Lipinski definition) is 0. The number of hydrogen-bond acceptors (Lipinski definition) is 3. The summed E-state index contributed by atoms with van der Waals surface area (Å²) < 4.78 is 0. The SMILES string of the molecule is Cc1c(-c2ccncc2)cccc1-c1ccc(-c2cccc(-c3cc(C(C)(C)C)ccn3)c2)c2ccncc12. The van der Waals surface area contributed by atoms with Gasteiger partial charge in [0, 0.05) is 41.9 Å². The van der Waals surface area contributed by atoms with E-state index in [1.165, 1.54) is 49.9 Å². The molecule has 0 saturated carbocycles. The fraction of sp³-hybridized carbons (Fsp3) is 0.139. The zero-order valence-electron chi connectivity index (χ0n) is 22.8. The van der Waals surface area contributed by atoms with Gasteiger partial charge in [-0.15, -0.1) is 0 Å². The molecule has 0 aliphatic carbocycles. The molecular weight excluding hydrogens is 474 g/mol. The van der Waals surface area contributed by atoms with E-state index in [-0.39, 0.29) is 5.41 Å². The minimum Gasteiger partial charge on any atom is -0.265 e. The summed E-state index contributed by atoms with van der Waals surface area (Å²) in [6.07, 6.45) is 9.48. The summed E-state index contributed by atoms with van der Waals surface area (Å²) in [4.78, 5) is 13.4. The van der Waals surface area contributed by atoms with E-state index in [0.29, 0.717) is 0 Å². The maximum absolute atomic E-state index is 4.70. The predicted octanol–water partition coefficient (Wildman–Crippen LogP) is 9.30. The highest BCUT2D eigenvalue weighted by Crippen LogP contribution is 2.39. The van der Waals surface area contributed by atoms with Gasteiger partial charge in [0.15, 0.2) is 0 Å². The van der Waals surface area contributed by atoms with Crippen molar-refractivity contribution in [2.45, 2.75) is 33.1 Å². The maximum atomic E-state index is 4.70. The van der Waals surface area contributed by atoms with Crippen LogP contribution in [0.5, 0.6) is 0 Å². The molecule has 190 valence electrons. The molecule has 0 amide bonds. The van der Waals surface area contributed by atoms with Gasteiger partial charge in [-0.1, -0.05) is 69.3 Å². The van der Waals surface area contributed by atoms with Gasteiger partial charge in [-0.2, -0.15) is 0 Å². The fourth-order valence-corrected chi connectivity index (χ4v) is 5.35. The Balaban J connectivity index is 1.47. The molecule has 0 aliphatic heterocycles. The van der Waals surface area contributed by atoms with E-state index in [9.17, 15) is 0 Å². The van der Waals surface area contributed by atoms with Crippen molar-refractivity contribution in [2.75, 3.05) is 0 Å². The highest BCUT2D eigenvalue weighted by molar-refractivity contribution is 6.05. The lowest BCUT2D eigenvalue weighted by molar-refractivity contribution is 0.589. The quantitative estimate of drug-likeness (QED) is 0.240. The van der Waals surface area contributed by atoms with Crippen LogP contribution < -0.4 is 0 Å². The van der Waals surface area contributed by atoms with Crippen LogP contribution in [0.2, 0.25) is 0 Å². The van der Waals surface area contributed by atoms with Crippen LogP contribution in [0.1, 0.15) is 31.9 Å². The molecule has 0 bridgehead atoms. The Morgan fingerprint density at radius 1 is 0.538 bits per heavy atom. The van der Waals surface area contributed by atoms with Gasteiger partial charge < -0.3 is 0 Å². The van der Waals surface area contributed by atoms with Crippen LogP contribution in [0.25, 0.3) is 55.4 Å². The van der Waals surface area contributed by atoms with Crippen LogP contribution in [0.3, 0.4) is 0 Å². The monoisotopic (exact) mass is 505 g/mol. The summed E-state index contributed by atoms with van der Waals surface area (Å²) in [6, 6.07) is 30.3. The Kier molecular flexibility index (Phi) is 6.28. The van der Waals surface area contributed by atoms with E-state index < -0.39 is 0 Å². The first-order valence-electron chi connectivity index (χ1n) is 13.3. The molecule has 0 saturated heterocycles. The normalized spacial score (nSPS) is 11.6. The van der Waals surface area contributed by atoms with Gasteiger partial charge in [-0.05, 0) is 98.6 Å². The second-order valence-electron chi connectivity index (χ2n) is 11.1. The van der Waals surface area contributed by atoms with E-state index in [1.807, 2.05) is 31.0 Å². The Hall–Kier alpha value is -4.63. The van der Waals surface area contributed by atoms with Gasteiger partial charge in [-0.25, -0.2) is 0 Å². The lowest BCUT2D eigenvalue weighted by atomic mass is 9.86. The van der Waals surface area contributed by atoms with Crippen molar-refractivity contribution in [2.24, 2.45) is 0 Å². The molecule has 0 atom stereocenters. The molecule has 0 fully saturated rings. The summed E-state index contributed by atoms with van der Waals surface area (Å²) in [5.41, 5.74) is 11.8. The Labute approximate surface area is 230 Å². The topological polar surface area (TPSA) is 38.7 Å². The van der Waals surface area contributed by atoms with Gasteiger partial charge in [0.25, 0.3) is 0 Å². The molecule has 3 heterocycles. The summed E-state index contributed by atoms with van der Waals surface area (Å²) >= 11 is 0. The van der Waals surface area contributed by atoms with E-state index in [0.717, 1.165) is 16.6 Å². The zero-order chi connectivity index (χ0) is 27.0. The number of nitrogens with zero attached hydrogens (tertiary/aromatic N) is 3. The van der Waals surface area contributed by atoms with Crippen LogP contribution in [-0.4, -0.2) is 15.0 Å². The Bertz CT molecular complexity index is 1800. The van der Waals surface area contributed by atoms with Gasteiger partial charge in [0.2, 0.25) is 0 Å². The van der Waals surface area contributed by atoms with Crippen molar-refractivity contribution in [3.8, 4) is 44.6 Å². The summed E-state index contributed by atoms with van der Waals surface area (Å²) in [5, 5.41) is 2.33. The predicted molar refractivity (Wildman–Crippen MR) is 163 cm³/mol. The summed E-state index contributed by atoms with van der Waals surface area (Å²) in [7, 11) is 0. The highest BCUT2D eigenvalue weighted by Gasteiger charge is 2.16. The molecule has 0 N–H and O–H groups in total. The third-order valence-corrected chi connectivity index (χ3v) is 7.53. The first-order valence-corrected chi connectivity index (χ1v) is 13.3. The van der Waals surface area contributed by atoms with Crippen LogP contribution >= 0.6 is 0 Å². The second kappa shape index (κ2) is 9.92. The van der Waals surface area contributed by atoms with Crippen molar-refractivity contribution in [1.82, 2.24) is 15.0 Å². The zero-order valence-corrected chi connectivity index (χ0v) is 22.8. The van der Waals surface area contributed by atoms with Gasteiger partial charge in [0.1, 0.15) is 0 Å². The number of benzene rings is 3. The first-order chi connectivity index (χ1) is 18.9. The molecule has 0 spiro atoms. The third kappa shape index (κ3) is 4.72. The van der Waals surface area contributed by atoms with E-state index in [4.69, 9.17) is 4.98 Å². The standard InChI is InChI=1S/C36H31N3/c1-24-29(25-13-17-37-18-14-25)9-6-10-30(24)32-12-11-31(33-16-19-38-23-34(32)33)26-7-5-8-27(21-26)35-22-28(15-20-39-35)36(2,3)4/h5-23H,1-4H3. The van der Waals surface area contributed by atoms with Crippen LogP contribution in [-0.2, 0) is 5.41 Å². The average Bonchev–Trinajstić information content (AvgIpc) is 2.97. The molecule has 3 nitrogen and oxygen atoms in total. The van der Waals surface area contributed by atoms with Crippen molar-refractivity contribution in [3.63, 3.8) is 0 Å². The molecule has 0 radical (unpaired) electrons. The maximum Gasteiger partial charge on any atom is 0.0705 e. The molecule has 39 heavy (non-hydrogen) atoms. The second-order valence-corrected chi connectivity index (χ2v) is 11.1. The summed E-state index contributed by atoms with van der Waals surface area (Å²) in [6.45, 7) is 8.90. The molecule has 3 aromatic heterocycles. The minimum atomic E-state index is 0.0706. The Morgan fingerprint density at radius 3 is 2.08 bits per heavy atom. The van der Waals surface area contributed by atoms with E-state index in [1.54, 1.807) is 0 Å². The molecule has 0 aliphatic rings. The van der Waals surface area contributed by atoms with Crippen LogP contribution in [0, 0.1) is 6.92 Å². The lowest BCUT2D eigenvalue weighted by Crippen LogP contribution is -2.11. The molecular formula is C36H31N3. The molecule has 6 rings (SSSR count). The number of aromatic nitrogens is 3. The van der Waals surface area contributed by atoms with Gasteiger partial charge in [0.05, 0.1) is 5.69 Å². The van der Waals surface area contributed by atoms with Gasteiger partial charge >= 0.3 is 0 Å². The van der Waals surface area contributed by atoms with E-state index in [2.05, 4.69) is 123 Å². The summed E-state index contributed by atoms with van der Waals surface area (Å²) in [5.74, 6) is 0. The molecule has 0 unspecified atom stereocenters. The molecule has 3 aromatic carbocycles. The average molecular weight is 506 g/mol. The number of pyridine rings is 3. The largest absolute Gasteiger partial charge is 0.265 e. The van der Waals surface area contributed by atoms with Gasteiger partial charge in [-0.3, -0.25) is 15.0 Å². The van der Waals surface area contributed by atoms with Crippen molar-refractivity contribution >= 4 is 10.8 Å². The van der Waals surface area contributed by atoms with Crippen molar-refractivity contribution < 1.29 is 0 Å². The third-order valence-electron chi connectivity index (χ3n) is 7.53. The van der Waals surface area contributed by atoms with Crippen molar-refractivity contribution in [3.05, 3.63) is 127 Å². The van der Waals surface area contributed by atoms with Crippen LogP contribution in [0.4, 0.5) is 0 Å². The molecule has 6 aromatic rings. The number of rotatable bonds is 4. The first kappa shape index (κ1) is 24.7.